The predicted molar refractivity (Wildman–Crippen MR) is 70.4 cm³/mol. The summed E-state index contributed by atoms with van der Waals surface area (Å²) >= 11 is 0. The highest BCUT2D eigenvalue weighted by Crippen LogP contribution is 2.28. The van der Waals surface area contributed by atoms with Crippen LogP contribution in [-0.4, -0.2) is 27.1 Å². The van der Waals surface area contributed by atoms with Gasteiger partial charge in [-0.3, -0.25) is 9.48 Å². The van der Waals surface area contributed by atoms with Crippen molar-refractivity contribution < 1.29 is 19.1 Å². The number of aromatic nitrogens is 2. The number of carbonyl (C=O) groups excluding carboxylic acids is 1. The fraction of sp³-hybridized carbons (Fsp3) is 0.214. The molecule has 0 aliphatic carbocycles. The first-order valence-electron chi connectivity index (χ1n) is 6.01. The topological polar surface area (TPSA) is 72.2 Å². The average molecular weight is 276 g/mol. The molecule has 0 aliphatic heterocycles. The van der Waals surface area contributed by atoms with Gasteiger partial charge in [0, 0.05) is 17.2 Å². The summed E-state index contributed by atoms with van der Waals surface area (Å²) in [5.41, 5.74) is 0.614. The number of hydrogen-bond acceptors (Lipinski definition) is 3. The number of nitrogens with zero attached hydrogens (tertiary/aromatic N) is 2. The van der Waals surface area contributed by atoms with E-state index in [1.54, 1.807) is 0 Å². The normalized spacial score (nSPS) is 10.8. The lowest BCUT2D eigenvalue weighted by Gasteiger charge is -2.09. The minimum atomic E-state index is -1.19. The second-order valence-electron chi connectivity index (χ2n) is 4.59. The Labute approximate surface area is 114 Å². The summed E-state index contributed by atoms with van der Waals surface area (Å²) in [6, 6.07) is 3.28. The molecule has 1 aromatic heterocycles. The molecule has 104 valence electrons. The quantitative estimate of drug-likeness (QED) is 0.871. The molecule has 0 atom stereocenters. The summed E-state index contributed by atoms with van der Waals surface area (Å²) in [6.07, 6.45) is 1.98. The summed E-state index contributed by atoms with van der Waals surface area (Å²) < 4.78 is 14.9. The molecule has 1 N–H and O–H groups in total. The van der Waals surface area contributed by atoms with Crippen LogP contribution in [0.5, 0.6) is 0 Å². The molecule has 2 rings (SSSR count). The third kappa shape index (κ3) is 2.32. The maximum Gasteiger partial charge on any atom is 0.336 e. The van der Waals surface area contributed by atoms with Crippen LogP contribution in [-0.2, 0) is 0 Å². The minimum Gasteiger partial charge on any atom is -0.478 e. The number of carbonyl (C=O) groups is 2. The Hall–Kier alpha value is -2.50. The lowest BCUT2D eigenvalue weighted by Crippen LogP contribution is -2.07. The highest BCUT2D eigenvalue weighted by Gasteiger charge is 2.19. The smallest absolute Gasteiger partial charge is 0.336 e. The van der Waals surface area contributed by atoms with Crippen molar-refractivity contribution in [1.29, 1.82) is 0 Å². The van der Waals surface area contributed by atoms with E-state index in [2.05, 4.69) is 5.10 Å². The van der Waals surface area contributed by atoms with Crippen molar-refractivity contribution in [3.63, 3.8) is 0 Å². The Morgan fingerprint density at radius 1 is 1.40 bits per heavy atom. The first-order valence-corrected chi connectivity index (χ1v) is 6.01. The molecular weight excluding hydrogens is 263 g/mol. The number of aromatic carboxylic acids is 1. The maximum atomic E-state index is 13.4. The zero-order chi connectivity index (χ0) is 14.9. The summed E-state index contributed by atoms with van der Waals surface area (Å²) in [7, 11) is 0. The van der Waals surface area contributed by atoms with Crippen LogP contribution in [0.25, 0.3) is 11.1 Å². The molecule has 0 unspecified atom stereocenters. The lowest BCUT2D eigenvalue weighted by atomic mass is 10.00. The molecule has 1 heterocycles. The van der Waals surface area contributed by atoms with Gasteiger partial charge in [0.05, 0.1) is 11.8 Å². The second-order valence-corrected chi connectivity index (χ2v) is 4.59. The molecule has 0 radical (unpaired) electrons. The Morgan fingerprint density at radius 2 is 2.10 bits per heavy atom. The molecule has 2 aromatic rings. The second kappa shape index (κ2) is 5.24. The van der Waals surface area contributed by atoms with Gasteiger partial charge in [-0.15, -0.1) is 0 Å². The van der Waals surface area contributed by atoms with E-state index in [1.165, 1.54) is 16.9 Å². The highest BCUT2D eigenvalue weighted by molar-refractivity contribution is 5.98. The van der Waals surface area contributed by atoms with E-state index in [9.17, 15) is 14.0 Å². The van der Waals surface area contributed by atoms with Gasteiger partial charge >= 0.3 is 5.97 Å². The van der Waals surface area contributed by atoms with Crippen LogP contribution < -0.4 is 0 Å². The van der Waals surface area contributed by atoms with Gasteiger partial charge in [-0.25, -0.2) is 9.18 Å². The van der Waals surface area contributed by atoms with Crippen LogP contribution in [0.2, 0.25) is 0 Å². The average Bonchev–Trinajstić information content (AvgIpc) is 2.81. The Morgan fingerprint density at radius 3 is 2.65 bits per heavy atom. The van der Waals surface area contributed by atoms with Gasteiger partial charge in [0.2, 0.25) is 0 Å². The molecule has 20 heavy (non-hydrogen) atoms. The summed E-state index contributed by atoms with van der Waals surface area (Å²) in [6.45, 7) is 3.68. The molecule has 0 saturated carbocycles. The lowest BCUT2D eigenvalue weighted by molar-refractivity contribution is 0.0697. The summed E-state index contributed by atoms with van der Waals surface area (Å²) in [5, 5.41) is 13.2. The van der Waals surface area contributed by atoms with Gasteiger partial charge < -0.3 is 5.11 Å². The van der Waals surface area contributed by atoms with Gasteiger partial charge in [-0.1, -0.05) is 0 Å². The van der Waals surface area contributed by atoms with Crippen molar-refractivity contribution in [2.24, 2.45) is 0 Å². The predicted octanol–water partition coefficient (Wildman–Crippen LogP) is 2.78. The molecule has 0 bridgehead atoms. The SMILES string of the molecule is CC(C)n1ncc(-c2cc(F)ccc2C(=O)O)c1C=O. The molecule has 0 amide bonds. The zero-order valence-electron chi connectivity index (χ0n) is 11.0. The molecule has 0 fully saturated rings. The van der Waals surface area contributed by atoms with Crippen molar-refractivity contribution in [2.75, 3.05) is 0 Å². The van der Waals surface area contributed by atoms with Gasteiger partial charge in [0.15, 0.2) is 6.29 Å². The van der Waals surface area contributed by atoms with E-state index in [0.29, 0.717) is 11.8 Å². The third-order valence-electron chi connectivity index (χ3n) is 2.94. The van der Waals surface area contributed by atoms with Gasteiger partial charge in [0.1, 0.15) is 11.5 Å². The van der Waals surface area contributed by atoms with Crippen LogP contribution in [0.4, 0.5) is 4.39 Å². The van der Waals surface area contributed by atoms with Crippen molar-refractivity contribution in [3.05, 3.63) is 41.5 Å². The fourth-order valence-corrected chi connectivity index (χ4v) is 2.03. The highest BCUT2D eigenvalue weighted by atomic mass is 19.1. The van der Waals surface area contributed by atoms with Crippen molar-refractivity contribution >= 4 is 12.3 Å². The summed E-state index contributed by atoms with van der Waals surface area (Å²) in [5.74, 6) is -1.76. The van der Waals surface area contributed by atoms with E-state index in [4.69, 9.17) is 5.11 Å². The van der Waals surface area contributed by atoms with Crippen molar-refractivity contribution in [1.82, 2.24) is 9.78 Å². The van der Waals surface area contributed by atoms with Crippen LogP contribution in [0.3, 0.4) is 0 Å². The number of halogens is 1. The Bertz CT molecular complexity index is 677. The largest absolute Gasteiger partial charge is 0.478 e. The van der Waals surface area contributed by atoms with Gasteiger partial charge in [-0.05, 0) is 32.0 Å². The molecule has 6 heteroatoms. The third-order valence-corrected chi connectivity index (χ3v) is 2.94. The molecular formula is C14H13FN2O3. The van der Waals surface area contributed by atoms with Crippen LogP contribution in [0.1, 0.15) is 40.7 Å². The Balaban J connectivity index is 2.71. The first kappa shape index (κ1) is 13.9. The number of carboxylic acids is 1. The van der Waals surface area contributed by atoms with Crippen molar-refractivity contribution in [3.8, 4) is 11.1 Å². The molecule has 0 spiro atoms. The molecule has 1 aromatic carbocycles. The number of rotatable bonds is 4. The van der Waals surface area contributed by atoms with Crippen LogP contribution >= 0.6 is 0 Å². The molecule has 0 aliphatic rings. The number of aldehydes is 1. The van der Waals surface area contributed by atoms with Gasteiger partial charge in [0.25, 0.3) is 0 Å². The monoisotopic (exact) mass is 276 g/mol. The number of hydrogen-bond donors (Lipinski definition) is 1. The number of benzene rings is 1. The van der Waals surface area contributed by atoms with E-state index < -0.39 is 11.8 Å². The van der Waals surface area contributed by atoms with Crippen LogP contribution in [0, 0.1) is 5.82 Å². The van der Waals surface area contributed by atoms with E-state index in [-0.39, 0.29) is 22.9 Å². The van der Waals surface area contributed by atoms with Crippen molar-refractivity contribution in [2.45, 2.75) is 19.9 Å². The number of carboxylic acid groups (broad SMARTS) is 1. The minimum absolute atomic E-state index is 0.0641. The fourth-order valence-electron chi connectivity index (χ4n) is 2.03. The first-order chi connectivity index (χ1) is 9.45. The van der Waals surface area contributed by atoms with E-state index in [0.717, 1.165) is 12.1 Å². The van der Waals surface area contributed by atoms with E-state index in [1.807, 2.05) is 13.8 Å². The maximum absolute atomic E-state index is 13.4. The standard InChI is InChI=1S/C14H13FN2O3/c1-8(2)17-13(7-18)12(6-16-17)11-5-9(15)3-4-10(11)14(19)20/h3-8H,1-2H3,(H,19,20). The zero-order valence-corrected chi connectivity index (χ0v) is 11.0. The van der Waals surface area contributed by atoms with E-state index >= 15 is 0 Å². The van der Waals surface area contributed by atoms with Crippen LogP contribution in [0.15, 0.2) is 24.4 Å². The summed E-state index contributed by atoms with van der Waals surface area (Å²) in [4.78, 5) is 22.5. The molecule has 5 nitrogen and oxygen atoms in total. The molecule has 0 saturated heterocycles. The van der Waals surface area contributed by atoms with Gasteiger partial charge in [-0.2, -0.15) is 5.10 Å². The Kier molecular flexibility index (Phi) is 3.65.